The number of azide groups is 1. The molecule has 15 heavy (non-hydrogen) atoms. The van der Waals surface area contributed by atoms with Crippen LogP contribution in [-0.2, 0) is 0 Å². The number of benzene rings is 1. The van der Waals surface area contributed by atoms with Gasteiger partial charge < -0.3 is 0 Å². The van der Waals surface area contributed by atoms with E-state index in [9.17, 15) is 18.9 Å². The fraction of sp³-hybridized carbons (Fsp3) is 0. The maximum atomic E-state index is 12.9. The van der Waals surface area contributed by atoms with E-state index in [1.54, 1.807) is 0 Å². The van der Waals surface area contributed by atoms with Gasteiger partial charge in [-0.15, -0.1) is 0 Å². The molecule has 0 atom stereocenters. The van der Waals surface area contributed by atoms with Crippen molar-refractivity contribution in [2.45, 2.75) is 0 Å². The van der Waals surface area contributed by atoms with Crippen molar-refractivity contribution >= 4 is 27.3 Å². The van der Waals surface area contributed by atoms with Gasteiger partial charge in [-0.25, -0.2) is 8.78 Å². The van der Waals surface area contributed by atoms with Crippen LogP contribution in [0.2, 0.25) is 0 Å². The van der Waals surface area contributed by atoms with Gasteiger partial charge >= 0.3 is 0 Å². The molecule has 1 aromatic carbocycles. The van der Waals surface area contributed by atoms with Crippen LogP contribution in [0.4, 0.5) is 20.2 Å². The van der Waals surface area contributed by atoms with Gasteiger partial charge in [-0.05, 0) is 21.5 Å². The molecule has 0 saturated carbocycles. The molecule has 78 valence electrons. The molecule has 0 fully saturated rings. The highest BCUT2D eigenvalue weighted by atomic mass is 79.9. The lowest BCUT2D eigenvalue weighted by Gasteiger charge is -2.01. The third kappa shape index (κ3) is 2.03. The highest BCUT2D eigenvalue weighted by Gasteiger charge is 2.22. The monoisotopic (exact) mass is 278 g/mol. The average molecular weight is 279 g/mol. The lowest BCUT2D eigenvalue weighted by molar-refractivity contribution is -0.384. The number of nitro benzene ring substituents is 1. The maximum Gasteiger partial charge on any atom is 0.283 e. The van der Waals surface area contributed by atoms with Gasteiger partial charge in [-0.1, -0.05) is 5.11 Å². The highest BCUT2D eigenvalue weighted by molar-refractivity contribution is 9.10. The molecule has 0 aliphatic carbocycles. The number of hydrogen-bond donors (Lipinski definition) is 0. The Balaban J connectivity index is 3.64. The van der Waals surface area contributed by atoms with Gasteiger partial charge in [0.1, 0.15) is 5.69 Å². The Bertz CT molecular complexity index is 487. The van der Waals surface area contributed by atoms with Gasteiger partial charge in [0.2, 0.25) is 0 Å². The third-order valence-electron chi connectivity index (χ3n) is 1.46. The van der Waals surface area contributed by atoms with Crippen LogP contribution >= 0.6 is 15.9 Å². The summed E-state index contributed by atoms with van der Waals surface area (Å²) in [5.41, 5.74) is 6.71. The lowest BCUT2D eigenvalue weighted by atomic mass is 10.2. The first kappa shape index (κ1) is 11.3. The lowest BCUT2D eigenvalue weighted by Crippen LogP contribution is -1.94. The Morgan fingerprint density at radius 2 is 2.20 bits per heavy atom. The maximum absolute atomic E-state index is 12.9. The van der Waals surface area contributed by atoms with Gasteiger partial charge in [-0.2, -0.15) is 0 Å². The van der Waals surface area contributed by atoms with E-state index in [0.29, 0.717) is 6.07 Å². The summed E-state index contributed by atoms with van der Waals surface area (Å²) in [6.45, 7) is 0. The minimum atomic E-state index is -1.40. The van der Waals surface area contributed by atoms with Crippen molar-refractivity contribution in [2.24, 2.45) is 5.11 Å². The number of hydrogen-bond acceptors (Lipinski definition) is 3. The summed E-state index contributed by atoms with van der Waals surface area (Å²) in [5, 5.41) is 13.3. The standard InChI is InChI=1S/C6HBrF2N4O2/c7-4-5(9)2(8)1-3(13(14)15)6(4)11-12-10/h1H. The van der Waals surface area contributed by atoms with E-state index >= 15 is 0 Å². The van der Waals surface area contributed by atoms with Crippen LogP contribution in [0.3, 0.4) is 0 Å². The van der Waals surface area contributed by atoms with Crippen LogP contribution in [-0.4, -0.2) is 4.92 Å². The molecule has 0 aliphatic heterocycles. The minimum Gasteiger partial charge on any atom is -0.258 e. The quantitative estimate of drug-likeness (QED) is 0.207. The molecule has 1 aromatic rings. The van der Waals surface area contributed by atoms with E-state index in [4.69, 9.17) is 5.53 Å². The van der Waals surface area contributed by atoms with E-state index in [1.165, 1.54) is 0 Å². The molecule has 0 aliphatic rings. The fourth-order valence-corrected chi connectivity index (χ4v) is 1.32. The molecule has 0 aromatic heterocycles. The Hall–Kier alpha value is -1.73. The molecule has 0 amide bonds. The summed E-state index contributed by atoms with van der Waals surface area (Å²) in [4.78, 5) is 11.7. The van der Waals surface area contributed by atoms with Crippen molar-refractivity contribution in [3.8, 4) is 0 Å². The first-order chi connectivity index (χ1) is 6.99. The molecule has 9 heteroatoms. The van der Waals surface area contributed by atoms with Gasteiger partial charge in [-0.3, -0.25) is 10.1 Å². The van der Waals surface area contributed by atoms with Crippen molar-refractivity contribution in [2.75, 3.05) is 0 Å². The van der Waals surface area contributed by atoms with E-state index in [1.807, 2.05) is 0 Å². The molecule has 0 spiro atoms. The van der Waals surface area contributed by atoms with E-state index in [0.717, 1.165) is 0 Å². The molecule has 0 radical (unpaired) electrons. The second-order valence-corrected chi connectivity index (χ2v) is 3.09. The molecule has 0 bridgehead atoms. The van der Waals surface area contributed by atoms with Crippen LogP contribution < -0.4 is 0 Å². The SMILES string of the molecule is [N-]=[N+]=Nc1c([N+](=O)[O-])cc(F)c(F)c1Br. The number of nitrogens with zero attached hydrogens (tertiary/aromatic N) is 4. The zero-order valence-corrected chi connectivity index (χ0v) is 8.40. The van der Waals surface area contributed by atoms with Crippen LogP contribution in [0.5, 0.6) is 0 Å². The van der Waals surface area contributed by atoms with Crippen molar-refractivity contribution < 1.29 is 13.7 Å². The van der Waals surface area contributed by atoms with Crippen LogP contribution in [0.1, 0.15) is 0 Å². The number of nitro groups is 1. The van der Waals surface area contributed by atoms with Crippen molar-refractivity contribution in [3.63, 3.8) is 0 Å². The predicted octanol–water partition coefficient (Wildman–Crippen LogP) is 3.58. The summed E-state index contributed by atoms with van der Waals surface area (Å²) in [5.74, 6) is -2.74. The summed E-state index contributed by atoms with van der Waals surface area (Å²) in [6, 6.07) is 0.351. The first-order valence-corrected chi connectivity index (χ1v) is 4.15. The van der Waals surface area contributed by atoms with E-state index < -0.39 is 32.4 Å². The van der Waals surface area contributed by atoms with Gasteiger partial charge in [0.05, 0.1) is 15.5 Å². The zero-order valence-electron chi connectivity index (χ0n) is 6.82. The molecule has 6 nitrogen and oxygen atoms in total. The summed E-state index contributed by atoms with van der Waals surface area (Å²) >= 11 is 2.57. The van der Waals surface area contributed by atoms with Gasteiger partial charge in [0.25, 0.3) is 5.69 Å². The Kier molecular flexibility index (Phi) is 3.17. The highest BCUT2D eigenvalue weighted by Crippen LogP contribution is 2.38. The largest absolute Gasteiger partial charge is 0.283 e. The molecular weight excluding hydrogens is 278 g/mol. The Morgan fingerprint density at radius 3 is 2.67 bits per heavy atom. The van der Waals surface area contributed by atoms with Crippen molar-refractivity contribution in [1.29, 1.82) is 0 Å². The third-order valence-corrected chi connectivity index (χ3v) is 2.18. The van der Waals surface area contributed by atoms with Gasteiger partial charge in [0.15, 0.2) is 11.6 Å². The fourth-order valence-electron chi connectivity index (χ4n) is 0.852. The summed E-state index contributed by atoms with van der Waals surface area (Å²) < 4.78 is 25.1. The Labute approximate surface area is 89.4 Å². The van der Waals surface area contributed by atoms with Gasteiger partial charge in [0, 0.05) is 4.91 Å². The number of rotatable bonds is 2. The van der Waals surface area contributed by atoms with Crippen LogP contribution in [0.25, 0.3) is 10.4 Å². The van der Waals surface area contributed by atoms with E-state index in [2.05, 4.69) is 26.0 Å². The zero-order chi connectivity index (χ0) is 11.6. The summed E-state index contributed by atoms with van der Waals surface area (Å²) in [7, 11) is 0. The number of halogens is 3. The average Bonchev–Trinajstić information content (AvgIpc) is 2.18. The second kappa shape index (κ2) is 4.20. The Morgan fingerprint density at radius 1 is 1.60 bits per heavy atom. The topological polar surface area (TPSA) is 91.9 Å². The molecule has 0 N–H and O–H groups in total. The van der Waals surface area contributed by atoms with Crippen LogP contribution in [0, 0.1) is 21.7 Å². The smallest absolute Gasteiger partial charge is 0.258 e. The van der Waals surface area contributed by atoms with Crippen molar-refractivity contribution in [3.05, 3.63) is 42.7 Å². The second-order valence-electron chi connectivity index (χ2n) is 2.30. The normalized spacial score (nSPS) is 9.53. The molecular formula is C6HBrF2N4O2. The summed E-state index contributed by atoms with van der Waals surface area (Å²) in [6.07, 6.45) is 0. The van der Waals surface area contributed by atoms with Crippen molar-refractivity contribution in [1.82, 2.24) is 0 Å². The first-order valence-electron chi connectivity index (χ1n) is 3.36. The minimum absolute atomic E-state index is 0.351. The van der Waals surface area contributed by atoms with E-state index in [-0.39, 0.29) is 0 Å². The molecule has 1 rings (SSSR count). The molecule has 0 saturated heterocycles. The predicted molar refractivity (Wildman–Crippen MR) is 49.5 cm³/mol. The molecule has 0 unspecified atom stereocenters. The van der Waals surface area contributed by atoms with Crippen LogP contribution in [0.15, 0.2) is 15.7 Å². The molecule has 0 heterocycles.